The number of carbonyl (C=O) groups excluding carboxylic acids is 2. The summed E-state index contributed by atoms with van der Waals surface area (Å²) >= 11 is 5.12. The molecule has 29 heavy (non-hydrogen) atoms. The largest absolute Gasteiger partial charge is 0.360 e. The molecule has 1 aromatic carbocycles. The molecule has 2 aromatic rings. The van der Waals surface area contributed by atoms with Crippen molar-refractivity contribution in [3.63, 3.8) is 0 Å². The van der Waals surface area contributed by atoms with Gasteiger partial charge in [-0.2, -0.15) is 0 Å². The Morgan fingerprint density at radius 1 is 1.14 bits per heavy atom. The van der Waals surface area contributed by atoms with Crippen molar-refractivity contribution in [2.45, 2.75) is 25.7 Å². The predicted molar refractivity (Wildman–Crippen MR) is 117 cm³/mol. The Kier molecular flexibility index (Phi) is 7.37. The first-order valence-electron chi connectivity index (χ1n) is 9.44. The maximum atomic E-state index is 12.6. The van der Waals surface area contributed by atoms with Crippen molar-refractivity contribution >= 4 is 45.3 Å². The lowest BCUT2D eigenvalue weighted by molar-refractivity contribution is -0.130. The number of carbonyl (C=O) groups is 2. The minimum absolute atomic E-state index is 0.130. The number of hydrogen-bond donors (Lipinski definition) is 1. The number of halogens is 1. The third-order valence-electron chi connectivity index (χ3n) is 4.80. The maximum Gasteiger partial charge on any atom is 0.239 e. The van der Waals surface area contributed by atoms with Crippen LogP contribution < -0.4 is 5.32 Å². The highest BCUT2D eigenvalue weighted by atomic mass is 79.9. The fraction of sp³-hybridized carbons (Fsp3) is 0.450. The smallest absolute Gasteiger partial charge is 0.239 e. The molecule has 2 amide bonds. The van der Waals surface area contributed by atoms with Crippen molar-refractivity contribution in [2.75, 3.05) is 43.8 Å². The lowest BCUT2D eigenvalue weighted by Crippen LogP contribution is -2.50. The lowest BCUT2D eigenvalue weighted by Gasteiger charge is -2.34. The Labute approximate surface area is 183 Å². The van der Waals surface area contributed by atoms with E-state index in [1.165, 1.54) is 11.1 Å². The van der Waals surface area contributed by atoms with Crippen molar-refractivity contribution in [2.24, 2.45) is 0 Å². The maximum absolute atomic E-state index is 12.6. The van der Waals surface area contributed by atoms with Crippen LogP contribution in [0.25, 0.3) is 0 Å². The first kappa shape index (κ1) is 21.9. The number of aryl methyl sites for hydroxylation is 3. The summed E-state index contributed by atoms with van der Waals surface area (Å²) in [5, 5.41) is 6.49. The normalized spacial score (nSPS) is 14.8. The van der Waals surface area contributed by atoms with Crippen LogP contribution in [0.3, 0.4) is 0 Å². The number of benzene rings is 1. The number of anilines is 1. The first-order chi connectivity index (χ1) is 13.8. The number of rotatable bonds is 6. The number of piperazine rings is 1. The molecule has 2 heterocycles. The van der Waals surface area contributed by atoms with Gasteiger partial charge in [0, 0.05) is 41.6 Å². The van der Waals surface area contributed by atoms with E-state index in [-0.39, 0.29) is 18.4 Å². The summed E-state index contributed by atoms with van der Waals surface area (Å²) in [4.78, 5) is 29.8. The average Bonchev–Trinajstić information content (AvgIpc) is 3.08. The average molecular weight is 481 g/mol. The van der Waals surface area contributed by atoms with E-state index in [0.29, 0.717) is 43.5 Å². The molecule has 9 heteroatoms. The lowest BCUT2D eigenvalue weighted by atomic mass is 10.2. The molecule has 156 valence electrons. The number of thioether (sulfide) groups is 1. The molecule has 1 aliphatic heterocycles. The van der Waals surface area contributed by atoms with E-state index in [1.54, 1.807) is 24.8 Å². The highest BCUT2D eigenvalue weighted by Gasteiger charge is 2.23. The molecule has 0 bridgehead atoms. The van der Waals surface area contributed by atoms with Gasteiger partial charge in [0.1, 0.15) is 5.76 Å². The zero-order valence-electron chi connectivity index (χ0n) is 16.8. The topological polar surface area (TPSA) is 78.7 Å². The highest BCUT2D eigenvalue weighted by Crippen LogP contribution is 2.28. The quantitative estimate of drug-likeness (QED) is 0.639. The second-order valence-electron chi connectivity index (χ2n) is 7.18. The van der Waals surface area contributed by atoms with Crippen LogP contribution in [0.5, 0.6) is 0 Å². The van der Waals surface area contributed by atoms with Crippen LogP contribution in [0.1, 0.15) is 16.9 Å². The van der Waals surface area contributed by atoms with Gasteiger partial charge in [0.25, 0.3) is 0 Å². The van der Waals surface area contributed by atoms with E-state index in [9.17, 15) is 9.59 Å². The van der Waals surface area contributed by atoms with Crippen molar-refractivity contribution in [1.82, 2.24) is 15.0 Å². The third kappa shape index (κ3) is 6.07. The van der Waals surface area contributed by atoms with Gasteiger partial charge >= 0.3 is 0 Å². The summed E-state index contributed by atoms with van der Waals surface area (Å²) in [6, 6.07) is 5.89. The SMILES string of the molecule is Cc1cc(NC(=O)CN2CCN(C(=O)CSc3cc(C)c(Br)cc3C)CC2)no1. The molecule has 1 N–H and O–H groups in total. The van der Waals surface area contributed by atoms with Gasteiger partial charge in [0.05, 0.1) is 12.3 Å². The van der Waals surface area contributed by atoms with E-state index < -0.39 is 0 Å². The zero-order valence-corrected chi connectivity index (χ0v) is 19.2. The van der Waals surface area contributed by atoms with Crippen molar-refractivity contribution in [1.29, 1.82) is 0 Å². The summed E-state index contributed by atoms with van der Waals surface area (Å²) in [6.07, 6.45) is 0. The molecule has 1 fully saturated rings. The highest BCUT2D eigenvalue weighted by molar-refractivity contribution is 9.10. The van der Waals surface area contributed by atoms with Crippen LogP contribution in [0, 0.1) is 20.8 Å². The summed E-state index contributed by atoms with van der Waals surface area (Å²) in [7, 11) is 0. The van der Waals surface area contributed by atoms with E-state index in [0.717, 1.165) is 9.37 Å². The van der Waals surface area contributed by atoms with Crippen molar-refractivity contribution in [3.8, 4) is 0 Å². The number of nitrogens with one attached hydrogen (secondary N) is 1. The molecule has 3 rings (SSSR count). The van der Waals surface area contributed by atoms with Crippen LogP contribution in [-0.4, -0.2) is 65.2 Å². The van der Waals surface area contributed by atoms with Gasteiger partial charge in [-0.05, 0) is 44.0 Å². The van der Waals surface area contributed by atoms with Crippen molar-refractivity contribution < 1.29 is 14.1 Å². The summed E-state index contributed by atoms with van der Waals surface area (Å²) in [5.74, 6) is 1.51. The standard InChI is InChI=1S/C20H25BrN4O3S/c1-13-9-17(14(2)8-16(13)21)29-12-20(27)25-6-4-24(5-7-25)11-19(26)22-18-10-15(3)28-23-18/h8-10H,4-7,11-12H2,1-3H3,(H,22,23,26). The molecular weight excluding hydrogens is 456 g/mol. The van der Waals surface area contributed by atoms with Gasteiger partial charge in [-0.15, -0.1) is 11.8 Å². The van der Waals surface area contributed by atoms with Crippen LogP contribution >= 0.6 is 27.7 Å². The van der Waals surface area contributed by atoms with E-state index in [4.69, 9.17) is 4.52 Å². The molecule has 0 atom stereocenters. The second-order valence-corrected chi connectivity index (χ2v) is 9.05. The fourth-order valence-electron chi connectivity index (χ4n) is 3.11. The Balaban J connectivity index is 1.42. The molecule has 7 nitrogen and oxygen atoms in total. The van der Waals surface area contributed by atoms with Gasteiger partial charge in [-0.25, -0.2) is 0 Å². The molecule has 1 aromatic heterocycles. The van der Waals surface area contributed by atoms with Gasteiger partial charge in [-0.3, -0.25) is 14.5 Å². The Morgan fingerprint density at radius 3 is 2.52 bits per heavy atom. The summed E-state index contributed by atoms with van der Waals surface area (Å²) in [6.45, 7) is 8.78. The van der Waals surface area contributed by atoms with E-state index in [2.05, 4.69) is 52.4 Å². The van der Waals surface area contributed by atoms with Crippen LogP contribution in [-0.2, 0) is 9.59 Å². The number of amides is 2. The van der Waals surface area contributed by atoms with Crippen LogP contribution in [0.2, 0.25) is 0 Å². The van der Waals surface area contributed by atoms with Crippen LogP contribution in [0.15, 0.2) is 32.1 Å². The fourth-order valence-corrected chi connectivity index (χ4v) is 4.57. The van der Waals surface area contributed by atoms with Gasteiger partial charge < -0.3 is 14.7 Å². The summed E-state index contributed by atoms with van der Waals surface area (Å²) in [5.41, 5.74) is 2.33. The second kappa shape index (κ2) is 9.77. The molecule has 0 unspecified atom stereocenters. The number of nitrogens with zero attached hydrogens (tertiary/aromatic N) is 3. The Morgan fingerprint density at radius 2 is 1.86 bits per heavy atom. The Bertz CT molecular complexity index is 894. The minimum atomic E-state index is -0.130. The zero-order chi connectivity index (χ0) is 21.0. The van der Waals surface area contributed by atoms with Gasteiger partial charge in [-0.1, -0.05) is 21.1 Å². The van der Waals surface area contributed by atoms with Gasteiger partial charge in [0.2, 0.25) is 11.8 Å². The van der Waals surface area contributed by atoms with Gasteiger partial charge in [0.15, 0.2) is 5.82 Å². The minimum Gasteiger partial charge on any atom is -0.360 e. The molecule has 1 aliphatic rings. The predicted octanol–water partition coefficient (Wildman–Crippen LogP) is 3.24. The number of aromatic nitrogens is 1. The monoisotopic (exact) mass is 480 g/mol. The molecular formula is C20H25BrN4O3S. The molecule has 0 saturated carbocycles. The first-order valence-corrected chi connectivity index (χ1v) is 11.2. The van der Waals surface area contributed by atoms with Crippen LogP contribution in [0.4, 0.5) is 5.82 Å². The molecule has 0 radical (unpaired) electrons. The van der Waals surface area contributed by atoms with E-state index >= 15 is 0 Å². The summed E-state index contributed by atoms with van der Waals surface area (Å²) < 4.78 is 6.03. The number of hydrogen-bond acceptors (Lipinski definition) is 6. The van der Waals surface area contributed by atoms with Crippen molar-refractivity contribution in [3.05, 3.63) is 39.6 Å². The molecule has 0 aliphatic carbocycles. The third-order valence-corrected chi connectivity index (χ3v) is 6.79. The van der Waals surface area contributed by atoms with E-state index in [1.807, 2.05) is 9.80 Å². The molecule has 1 saturated heterocycles. The molecule has 0 spiro atoms. The Hall–Kier alpha value is -1.84.